The SMILES string of the molecule is Cc1cc(/C=N/NC(=O)COc2ccccc2[N+](=O)[O-])c(C)n1-c1ccc2ncccc2c1. The van der Waals surface area contributed by atoms with Crippen molar-refractivity contribution in [3.63, 3.8) is 0 Å². The number of hydrogen-bond acceptors (Lipinski definition) is 6. The molecule has 166 valence electrons. The number of benzene rings is 2. The van der Waals surface area contributed by atoms with Crippen molar-refractivity contribution in [1.29, 1.82) is 0 Å². The van der Waals surface area contributed by atoms with Crippen LogP contribution < -0.4 is 10.2 Å². The number of nitrogens with one attached hydrogen (secondary N) is 1. The Hall–Kier alpha value is -4.53. The first-order chi connectivity index (χ1) is 15.9. The van der Waals surface area contributed by atoms with Crippen LogP contribution in [0, 0.1) is 24.0 Å². The molecule has 9 heteroatoms. The molecular formula is C24H21N5O4. The molecule has 0 unspecified atom stereocenters. The molecule has 2 aromatic carbocycles. The number of para-hydroxylation sites is 2. The van der Waals surface area contributed by atoms with Gasteiger partial charge < -0.3 is 9.30 Å². The van der Waals surface area contributed by atoms with Crippen molar-refractivity contribution < 1.29 is 14.5 Å². The number of nitrogens with zero attached hydrogens (tertiary/aromatic N) is 4. The highest BCUT2D eigenvalue weighted by Crippen LogP contribution is 2.25. The maximum atomic E-state index is 12.1. The van der Waals surface area contributed by atoms with E-state index in [9.17, 15) is 14.9 Å². The summed E-state index contributed by atoms with van der Waals surface area (Å²) in [5.74, 6) is -0.504. The number of rotatable bonds is 7. The molecule has 1 N–H and O–H groups in total. The quantitative estimate of drug-likeness (QED) is 0.263. The van der Waals surface area contributed by atoms with Crippen LogP contribution in [0.25, 0.3) is 16.6 Å². The molecule has 0 aliphatic heterocycles. The van der Waals surface area contributed by atoms with Crippen molar-refractivity contribution in [2.75, 3.05) is 6.61 Å². The number of hydrogen-bond donors (Lipinski definition) is 1. The molecule has 4 aromatic rings. The maximum Gasteiger partial charge on any atom is 0.310 e. The Bertz CT molecular complexity index is 1380. The van der Waals surface area contributed by atoms with Crippen LogP contribution in [0.2, 0.25) is 0 Å². The Labute approximate surface area is 189 Å². The van der Waals surface area contributed by atoms with Gasteiger partial charge in [0.25, 0.3) is 5.91 Å². The number of amides is 1. The van der Waals surface area contributed by atoms with E-state index in [1.54, 1.807) is 18.5 Å². The van der Waals surface area contributed by atoms with E-state index < -0.39 is 17.4 Å². The summed E-state index contributed by atoms with van der Waals surface area (Å²) in [5.41, 5.74) is 6.94. The lowest BCUT2D eigenvalue weighted by molar-refractivity contribution is -0.385. The summed E-state index contributed by atoms with van der Waals surface area (Å²) >= 11 is 0. The molecule has 0 aliphatic rings. The van der Waals surface area contributed by atoms with Crippen molar-refractivity contribution in [3.8, 4) is 11.4 Å². The van der Waals surface area contributed by atoms with Gasteiger partial charge in [0.1, 0.15) is 0 Å². The van der Waals surface area contributed by atoms with E-state index in [1.807, 2.05) is 44.2 Å². The molecule has 0 aliphatic carbocycles. The Balaban J connectivity index is 1.44. The third-order valence-corrected chi connectivity index (χ3v) is 5.13. The van der Waals surface area contributed by atoms with Gasteiger partial charge in [-0.3, -0.25) is 19.9 Å². The summed E-state index contributed by atoms with van der Waals surface area (Å²) in [6, 6.07) is 17.8. The molecule has 0 spiro atoms. The van der Waals surface area contributed by atoms with Crippen LogP contribution in [-0.2, 0) is 4.79 Å². The molecule has 0 atom stereocenters. The van der Waals surface area contributed by atoms with Gasteiger partial charge in [-0.2, -0.15) is 5.10 Å². The van der Waals surface area contributed by atoms with Gasteiger partial charge in [0.2, 0.25) is 0 Å². The second-order valence-corrected chi connectivity index (χ2v) is 7.35. The van der Waals surface area contributed by atoms with E-state index in [-0.39, 0.29) is 11.4 Å². The normalized spacial score (nSPS) is 11.1. The Morgan fingerprint density at radius 1 is 1.18 bits per heavy atom. The Kier molecular flexibility index (Phi) is 6.12. The lowest BCUT2D eigenvalue weighted by Gasteiger charge is -2.10. The second kappa shape index (κ2) is 9.31. The molecule has 0 saturated heterocycles. The lowest BCUT2D eigenvalue weighted by Crippen LogP contribution is -2.24. The summed E-state index contributed by atoms with van der Waals surface area (Å²) < 4.78 is 7.37. The Morgan fingerprint density at radius 2 is 2.00 bits per heavy atom. The highest BCUT2D eigenvalue weighted by molar-refractivity contribution is 5.85. The van der Waals surface area contributed by atoms with Gasteiger partial charge in [-0.15, -0.1) is 0 Å². The summed E-state index contributed by atoms with van der Waals surface area (Å²) in [6.07, 6.45) is 3.33. The van der Waals surface area contributed by atoms with E-state index >= 15 is 0 Å². The molecule has 1 amide bonds. The van der Waals surface area contributed by atoms with Crippen LogP contribution >= 0.6 is 0 Å². The number of aromatic nitrogens is 2. The molecule has 2 aromatic heterocycles. The first-order valence-corrected chi connectivity index (χ1v) is 10.2. The number of pyridine rings is 1. The molecule has 9 nitrogen and oxygen atoms in total. The van der Waals surface area contributed by atoms with Gasteiger partial charge in [0.05, 0.1) is 16.7 Å². The van der Waals surface area contributed by atoms with Crippen molar-refractivity contribution in [2.24, 2.45) is 5.10 Å². The third kappa shape index (κ3) is 4.72. The van der Waals surface area contributed by atoms with Gasteiger partial charge in [0, 0.05) is 40.3 Å². The van der Waals surface area contributed by atoms with Gasteiger partial charge >= 0.3 is 5.69 Å². The zero-order valence-corrected chi connectivity index (χ0v) is 18.1. The fourth-order valence-corrected chi connectivity index (χ4v) is 3.60. The molecule has 4 rings (SSSR count). The summed E-state index contributed by atoms with van der Waals surface area (Å²) in [7, 11) is 0. The summed E-state index contributed by atoms with van der Waals surface area (Å²) in [6.45, 7) is 3.57. The van der Waals surface area contributed by atoms with Gasteiger partial charge in [-0.1, -0.05) is 18.2 Å². The van der Waals surface area contributed by atoms with Gasteiger partial charge in [-0.05, 0) is 50.2 Å². The van der Waals surface area contributed by atoms with Crippen molar-refractivity contribution in [1.82, 2.24) is 15.0 Å². The summed E-state index contributed by atoms with van der Waals surface area (Å²) in [5, 5.41) is 16.1. The minimum absolute atomic E-state index is 0.0239. The van der Waals surface area contributed by atoms with E-state index in [0.29, 0.717) is 0 Å². The predicted octanol–water partition coefficient (Wildman–Crippen LogP) is 4.08. The van der Waals surface area contributed by atoms with Crippen molar-refractivity contribution >= 4 is 28.7 Å². The van der Waals surface area contributed by atoms with Crippen LogP contribution in [0.1, 0.15) is 17.0 Å². The minimum Gasteiger partial charge on any atom is -0.477 e. The van der Waals surface area contributed by atoms with E-state index in [1.165, 1.54) is 18.2 Å². The number of nitro benzene ring substituents is 1. The topological polar surface area (TPSA) is 112 Å². The lowest BCUT2D eigenvalue weighted by atomic mass is 10.2. The molecular weight excluding hydrogens is 422 g/mol. The number of hydrazone groups is 1. The number of ether oxygens (including phenoxy) is 1. The molecule has 0 fully saturated rings. The van der Waals surface area contributed by atoms with E-state index in [2.05, 4.69) is 26.1 Å². The predicted molar refractivity (Wildman–Crippen MR) is 125 cm³/mol. The number of carbonyl (C=O) groups is 1. The fraction of sp³-hybridized carbons (Fsp3) is 0.125. The molecule has 33 heavy (non-hydrogen) atoms. The van der Waals surface area contributed by atoms with Crippen molar-refractivity contribution in [2.45, 2.75) is 13.8 Å². The van der Waals surface area contributed by atoms with Crippen LogP contribution in [0.15, 0.2) is 72.0 Å². The second-order valence-electron chi connectivity index (χ2n) is 7.35. The van der Waals surface area contributed by atoms with Crippen LogP contribution in [0.5, 0.6) is 5.75 Å². The van der Waals surface area contributed by atoms with Gasteiger partial charge in [-0.25, -0.2) is 5.43 Å². The average Bonchev–Trinajstić information content (AvgIpc) is 3.10. The molecule has 2 heterocycles. The standard InChI is InChI=1S/C24H21N5O4/c1-16-12-19(17(2)28(16)20-9-10-21-18(13-20)6-5-11-25-21)14-26-27-24(30)15-33-23-8-4-3-7-22(23)29(31)32/h3-14H,15H2,1-2H3,(H,27,30)/b26-14+. The van der Waals surface area contributed by atoms with Crippen LogP contribution in [0.4, 0.5) is 5.69 Å². The minimum atomic E-state index is -0.562. The van der Waals surface area contributed by atoms with E-state index in [0.717, 1.165) is 33.5 Å². The molecule has 0 radical (unpaired) electrons. The first kappa shape index (κ1) is 21.7. The van der Waals surface area contributed by atoms with E-state index in [4.69, 9.17) is 4.74 Å². The monoisotopic (exact) mass is 443 g/mol. The average molecular weight is 443 g/mol. The zero-order valence-electron chi connectivity index (χ0n) is 18.1. The van der Waals surface area contributed by atoms with Crippen LogP contribution in [-0.4, -0.2) is 33.2 Å². The maximum absolute atomic E-state index is 12.1. The zero-order chi connectivity index (χ0) is 23.4. The van der Waals surface area contributed by atoms with Crippen LogP contribution in [0.3, 0.4) is 0 Å². The highest BCUT2D eigenvalue weighted by Gasteiger charge is 2.15. The number of aryl methyl sites for hydroxylation is 1. The van der Waals surface area contributed by atoms with Crippen molar-refractivity contribution in [3.05, 3.63) is 93.9 Å². The Morgan fingerprint density at radius 3 is 2.82 bits per heavy atom. The number of nitro groups is 1. The number of fused-ring (bicyclic) bond motifs is 1. The largest absolute Gasteiger partial charge is 0.477 e. The first-order valence-electron chi connectivity index (χ1n) is 10.2. The molecule has 0 bridgehead atoms. The van der Waals surface area contributed by atoms with Gasteiger partial charge in [0.15, 0.2) is 12.4 Å². The third-order valence-electron chi connectivity index (χ3n) is 5.13. The summed E-state index contributed by atoms with van der Waals surface area (Å²) in [4.78, 5) is 26.9. The highest BCUT2D eigenvalue weighted by atomic mass is 16.6. The smallest absolute Gasteiger partial charge is 0.310 e. The fourth-order valence-electron chi connectivity index (χ4n) is 3.60. The number of carbonyl (C=O) groups excluding carboxylic acids is 1. The molecule has 0 saturated carbocycles.